The van der Waals surface area contributed by atoms with Gasteiger partial charge in [-0.1, -0.05) is 17.7 Å². The van der Waals surface area contributed by atoms with E-state index in [0.717, 1.165) is 37.2 Å². The maximum Gasteiger partial charge on any atom is 0.293 e. The van der Waals surface area contributed by atoms with Crippen LogP contribution < -0.4 is 9.64 Å². The van der Waals surface area contributed by atoms with Crippen molar-refractivity contribution >= 4 is 17.3 Å². The van der Waals surface area contributed by atoms with E-state index in [0.29, 0.717) is 24.4 Å². The highest BCUT2D eigenvalue weighted by molar-refractivity contribution is 5.95. The van der Waals surface area contributed by atoms with E-state index < -0.39 is 4.92 Å². The Balaban J connectivity index is 1.64. The van der Waals surface area contributed by atoms with Gasteiger partial charge in [0.25, 0.3) is 11.6 Å². The van der Waals surface area contributed by atoms with Crippen molar-refractivity contribution in [3.05, 3.63) is 63.7 Å². The molecule has 0 bridgehead atoms. The third kappa shape index (κ3) is 4.60. The molecule has 7 heteroatoms. The number of carbonyl (C=O) groups excluding carboxylic acids is 1. The number of rotatable bonds is 7. The zero-order chi connectivity index (χ0) is 20.1. The van der Waals surface area contributed by atoms with Crippen LogP contribution >= 0.6 is 0 Å². The molecule has 0 aliphatic carbocycles. The summed E-state index contributed by atoms with van der Waals surface area (Å²) in [4.78, 5) is 27.3. The van der Waals surface area contributed by atoms with Crippen molar-refractivity contribution in [2.75, 3.05) is 38.2 Å². The first-order valence-corrected chi connectivity index (χ1v) is 9.44. The standard InChI is InChI=1S/C21H25N3O4/c1-16-5-8-18(9-6-16)28-14-13-22(2)21(25)17-7-10-19(20(15-17)24(26)27)23-11-3-4-12-23/h5-10,15H,3-4,11-14H2,1-2H3. The van der Waals surface area contributed by atoms with E-state index in [4.69, 9.17) is 4.74 Å². The van der Waals surface area contributed by atoms with E-state index in [9.17, 15) is 14.9 Å². The molecule has 0 atom stereocenters. The minimum absolute atomic E-state index is 0.0166. The van der Waals surface area contributed by atoms with Crippen molar-refractivity contribution in [1.29, 1.82) is 0 Å². The van der Waals surface area contributed by atoms with Gasteiger partial charge in [-0.05, 0) is 44.0 Å². The number of benzene rings is 2. The zero-order valence-electron chi connectivity index (χ0n) is 16.3. The molecular formula is C21H25N3O4. The fourth-order valence-electron chi connectivity index (χ4n) is 3.28. The summed E-state index contributed by atoms with van der Waals surface area (Å²) in [5, 5.41) is 11.5. The second-order valence-corrected chi connectivity index (χ2v) is 7.04. The summed E-state index contributed by atoms with van der Waals surface area (Å²) >= 11 is 0. The van der Waals surface area contributed by atoms with Gasteiger partial charge in [0.15, 0.2) is 0 Å². The molecule has 0 aromatic heterocycles. The number of carbonyl (C=O) groups is 1. The third-order valence-electron chi connectivity index (χ3n) is 4.93. The van der Waals surface area contributed by atoms with Gasteiger partial charge < -0.3 is 14.5 Å². The van der Waals surface area contributed by atoms with Crippen molar-refractivity contribution in [2.24, 2.45) is 0 Å². The second kappa shape index (κ2) is 8.73. The van der Waals surface area contributed by atoms with Crippen LogP contribution in [0.5, 0.6) is 5.75 Å². The Kier molecular flexibility index (Phi) is 6.13. The number of likely N-dealkylation sites (N-methyl/N-ethyl adjacent to an activating group) is 1. The van der Waals surface area contributed by atoms with Crippen LogP contribution in [0.4, 0.5) is 11.4 Å². The van der Waals surface area contributed by atoms with Crippen molar-refractivity contribution in [1.82, 2.24) is 4.90 Å². The Labute approximate surface area is 164 Å². The highest BCUT2D eigenvalue weighted by atomic mass is 16.6. The molecule has 1 amide bonds. The van der Waals surface area contributed by atoms with E-state index in [1.54, 1.807) is 19.2 Å². The van der Waals surface area contributed by atoms with Gasteiger partial charge in [0.2, 0.25) is 0 Å². The predicted molar refractivity (Wildman–Crippen MR) is 108 cm³/mol. The number of ether oxygens (including phenoxy) is 1. The molecule has 1 fully saturated rings. The average molecular weight is 383 g/mol. The summed E-state index contributed by atoms with van der Waals surface area (Å²) in [5.41, 5.74) is 2.03. The highest BCUT2D eigenvalue weighted by Gasteiger charge is 2.24. The molecule has 0 saturated carbocycles. The van der Waals surface area contributed by atoms with E-state index in [-0.39, 0.29) is 11.6 Å². The van der Waals surface area contributed by atoms with Crippen LogP contribution in [0.2, 0.25) is 0 Å². The molecule has 1 aliphatic heterocycles. The first kappa shape index (κ1) is 19.7. The summed E-state index contributed by atoms with van der Waals surface area (Å²) in [6.45, 7) is 4.35. The van der Waals surface area contributed by atoms with Crippen LogP contribution in [0.25, 0.3) is 0 Å². The maximum absolute atomic E-state index is 12.7. The van der Waals surface area contributed by atoms with Gasteiger partial charge in [-0.2, -0.15) is 0 Å². The molecule has 0 spiro atoms. The summed E-state index contributed by atoms with van der Waals surface area (Å²) in [5.74, 6) is 0.487. The Morgan fingerprint density at radius 1 is 1.18 bits per heavy atom. The molecule has 0 N–H and O–H groups in total. The van der Waals surface area contributed by atoms with Gasteiger partial charge in [-0.25, -0.2) is 0 Å². The third-order valence-corrected chi connectivity index (χ3v) is 4.93. The lowest BCUT2D eigenvalue weighted by Gasteiger charge is -2.20. The first-order chi connectivity index (χ1) is 13.5. The number of anilines is 1. The van der Waals surface area contributed by atoms with Crippen molar-refractivity contribution in [3.8, 4) is 5.75 Å². The lowest BCUT2D eigenvalue weighted by Crippen LogP contribution is -2.31. The maximum atomic E-state index is 12.7. The number of nitrogens with zero attached hydrogens (tertiary/aromatic N) is 3. The topological polar surface area (TPSA) is 75.9 Å². The van der Waals surface area contributed by atoms with E-state index in [1.807, 2.05) is 36.1 Å². The SMILES string of the molecule is Cc1ccc(OCCN(C)C(=O)c2ccc(N3CCCC3)c([N+](=O)[O-])c2)cc1. The summed E-state index contributed by atoms with van der Waals surface area (Å²) in [6, 6.07) is 12.4. The molecule has 0 unspecified atom stereocenters. The van der Waals surface area contributed by atoms with Crippen molar-refractivity contribution < 1.29 is 14.5 Å². The molecule has 1 heterocycles. The van der Waals surface area contributed by atoms with Crippen molar-refractivity contribution in [3.63, 3.8) is 0 Å². The number of nitro groups is 1. The number of hydrogen-bond donors (Lipinski definition) is 0. The molecule has 1 aliphatic rings. The van der Waals surface area contributed by atoms with E-state index in [1.165, 1.54) is 11.0 Å². The van der Waals surface area contributed by atoms with Crippen LogP contribution in [0.15, 0.2) is 42.5 Å². The van der Waals surface area contributed by atoms with Crippen LogP contribution in [-0.2, 0) is 0 Å². The lowest BCUT2D eigenvalue weighted by atomic mass is 10.1. The normalized spacial score (nSPS) is 13.4. The van der Waals surface area contributed by atoms with Crippen LogP contribution in [-0.4, -0.2) is 49.0 Å². The largest absolute Gasteiger partial charge is 0.492 e. The summed E-state index contributed by atoms with van der Waals surface area (Å²) in [7, 11) is 1.67. The van der Waals surface area contributed by atoms with Gasteiger partial charge in [-0.3, -0.25) is 14.9 Å². The first-order valence-electron chi connectivity index (χ1n) is 9.44. The fourth-order valence-corrected chi connectivity index (χ4v) is 3.28. The fraction of sp³-hybridized carbons (Fsp3) is 0.381. The second-order valence-electron chi connectivity index (χ2n) is 7.04. The monoisotopic (exact) mass is 383 g/mol. The van der Waals surface area contributed by atoms with Crippen molar-refractivity contribution in [2.45, 2.75) is 19.8 Å². The highest BCUT2D eigenvalue weighted by Crippen LogP contribution is 2.31. The molecule has 1 saturated heterocycles. The number of aryl methyl sites for hydroxylation is 1. The molecule has 148 valence electrons. The molecule has 2 aromatic rings. The average Bonchev–Trinajstić information content (AvgIpc) is 3.23. The Bertz CT molecular complexity index is 845. The van der Waals surface area contributed by atoms with Crippen LogP contribution in [0.1, 0.15) is 28.8 Å². The smallest absolute Gasteiger partial charge is 0.293 e. The molecule has 28 heavy (non-hydrogen) atoms. The minimum Gasteiger partial charge on any atom is -0.492 e. The summed E-state index contributed by atoms with van der Waals surface area (Å²) in [6.07, 6.45) is 2.06. The number of amides is 1. The lowest BCUT2D eigenvalue weighted by molar-refractivity contribution is -0.384. The zero-order valence-corrected chi connectivity index (χ0v) is 16.3. The molecular weight excluding hydrogens is 358 g/mol. The molecule has 3 rings (SSSR count). The molecule has 7 nitrogen and oxygen atoms in total. The summed E-state index contributed by atoms with van der Waals surface area (Å²) < 4.78 is 5.66. The predicted octanol–water partition coefficient (Wildman–Crippen LogP) is 3.65. The van der Waals surface area contributed by atoms with Gasteiger partial charge in [0, 0.05) is 31.8 Å². The minimum atomic E-state index is -0.412. The Morgan fingerprint density at radius 3 is 2.50 bits per heavy atom. The van der Waals surface area contributed by atoms with E-state index in [2.05, 4.69) is 0 Å². The van der Waals surface area contributed by atoms with Gasteiger partial charge in [-0.15, -0.1) is 0 Å². The van der Waals surface area contributed by atoms with Gasteiger partial charge >= 0.3 is 0 Å². The van der Waals surface area contributed by atoms with Crippen LogP contribution in [0.3, 0.4) is 0 Å². The molecule has 2 aromatic carbocycles. The van der Waals surface area contributed by atoms with Crippen LogP contribution in [0, 0.1) is 17.0 Å². The number of hydrogen-bond acceptors (Lipinski definition) is 5. The molecule has 0 radical (unpaired) electrons. The Morgan fingerprint density at radius 2 is 1.86 bits per heavy atom. The quantitative estimate of drug-likeness (QED) is 0.539. The van der Waals surface area contributed by atoms with Gasteiger partial charge in [0.05, 0.1) is 11.5 Å². The van der Waals surface area contributed by atoms with E-state index >= 15 is 0 Å². The van der Waals surface area contributed by atoms with Gasteiger partial charge in [0.1, 0.15) is 18.0 Å². The Hall–Kier alpha value is -3.09. The number of nitro benzene ring substituents is 1.